The van der Waals surface area contributed by atoms with Crippen molar-refractivity contribution in [3.8, 4) is 28.4 Å². The molecule has 1 atom stereocenters. The molecular formula is C27H25N7O. The minimum absolute atomic E-state index is 0.480. The van der Waals surface area contributed by atoms with Crippen LogP contribution in [0.5, 0.6) is 6.01 Å². The van der Waals surface area contributed by atoms with Crippen LogP contribution in [0.15, 0.2) is 61.2 Å². The fraction of sp³-hybridized carbons (Fsp3) is 0.259. The molecule has 0 bridgehead atoms. The number of fused-ring (bicyclic) bond motifs is 2. The molecule has 6 rings (SSSR count). The van der Waals surface area contributed by atoms with E-state index >= 15 is 0 Å². The van der Waals surface area contributed by atoms with Gasteiger partial charge in [0.1, 0.15) is 0 Å². The molecule has 0 N–H and O–H groups in total. The molecule has 1 fully saturated rings. The molecule has 8 nitrogen and oxygen atoms in total. The second-order valence-electron chi connectivity index (χ2n) is 9.18. The highest BCUT2D eigenvalue weighted by Gasteiger charge is 2.23. The lowest BCUT2D eigenvalue weighted by atomic mass is 9.99. The summed E-state index contributed by atoms with van der Waals surface area (Å²) in [6, 6.07) is 14.3. The molecular weight excluding hydrogens is 438 g/mol. The Morgan fingerprint density at radius 1 is 1.09 bits per heavy atom. The average Bonchev–Trinajstić information content (AvgIpc) is 3.62. The summed E-state index contributed by atoms with van der Waals surface area (Å²) in [5, 5.41) is 0. The number of likely N-dealkylation sites (tertiary alicyclic amines) is 1. The van der Waals surface area contributed by atoms with Gasteiger partial charge in [0.2, 0.25) is 0 Å². The van der Waals surface area contributed by atoms with Crippen molar-refractivity contribution in [2.75, 3.05) is 26.7 Å². The van der Waals surface area contributed by atoms with Gasteiger partial charge in [-0.05, 0) is 43.3 Å². The normalized spacial score (nSPS) is 16.2. The molecule has 174 valence electrons. The molecule has 8 heteroatoms. The summed E-state index contributed by atoms with van der Waals surface area (Å²) in [7, 11) is 4.13. The van der Waals surface area contributed by atoms with E-state index in [0.717, 1.165) is 58.6 Å². The number of imidazole rings is 2. The molecule has 3 aromatic heterocycles. The summed E-state index contributed by atoms with van der Waals surface area (Å²) in [6.07, 6.45) is 6.62. The molecule has 1 aliphatic heterocycles. The third-order valence-electron chi connectivity index (χ3n) is 6.74. The van der Waals surface area contributed by atoms with Gasteiger partial charge in [0, 0.05) is 31.9 Å². The summed E-state index contributed by atoms with van der Waals surface area (Å²) in [5.41, 5.74) is 6.91. The van der Waals surface area contributed by atoms with E-state index in [1.165, 1.54) is 0 Å². The van der Waals surface area contributed by atoms with Crippen molar-refractivity contribution in [1.82, 2.24) is 28.8 Å². The minimum Gasteiger partial charge on any atom is -0.464 e. The van der Waals surface area contributed by atoms with Crippen molar-refractivity contribution < 1.29 is 4.74 Å². The van der Waals surface area contributed by atoms with Gasteiger partial charge in [-0.1, -0.05) is 30.3 Å². The Labute approximate surface area is 203 Å². The first-order valence-electron chi connectivity index (χ1n) is 11.7. The zero-order valence-electron chi connectivity index (χ0n) is 19.7. The Kier molecular flexibility index (Phi) is 5.20. The van der Waals surface area contributed by atoms with Gasteiger partial charge in [-0.2, -0.15) is 4.98 Å². The van der Waals surface area contributed by atoms with Gasteiger partial charge >= 0.3 is 6.01 Å². The Bertz CT molecular complexity index is 1580. The van der Waals surface area contributed by atoms with Gasteiger partial charge in [0.25, 0.3) is 0 Å². The van der Waals surface area contributed by atoms with Crippen LogP contribution in [0.25, 0.3) is 43.9 Å². The zero-order valence-corrected chi connectivity index (χ0v) is 19.7. The highest BCUT2D eigenvalue weighted by atomic mass is 16.5. The van der Waals surface area contributed by atoms with Gasteiger partial charge in [0.15, 0.2) is 11.3 Å². The van der Waals surface area contributed by atoms with Crippen molar-refractivity contribution >= 4 is 22.4 Å². The largest absolute Gasteiger partial charge is 0.464 e. The number of aromatic nitrogens is 5. The lowest BCUT2D eigenvalue weighted by molar-refractivity contribution is 0.230. The second kappa shape index (κ2) is 8.53. The van der Waals surface area contributed by atoms with E-state index in [4.69, 9.17) is 21.3 Å². The first kappa shape index (κ1) is 21.3. The van der Waals surface area contributed by atoms with Crippen molar-refractivity contribution in [3.63, 3.8) is 0 Å². The summed E-state index contributed by atoms with van der Waals surface area (Å²) in [6.45, 7) is 10.0. The maximum absolute atomic E-state index is 7.31. The van der Waals surface area contributed by atoms with Crippen LogP contribution in [0.1, 0.15) is 6.42 Å². The summed E-state index contributed by atoms with van der Waals surface area (Å²) < 4.78 is 10.2. The van der Waals surface area contributed by atoms with Gasteiger partial charge in [-0.15, -0.1) is 0 Å². The van der Waals surface area contributed by atoms with Gasteiger partial charge in [-0.3, -0.25) is 4.40 Å². The number of rotatable bonds is 5. The van der Waals surface area contributed by atoms with Crippen LogP contribution >= 0.6 is 0 Å². The van der Waals surface area contributed by atoms with Gasteiger partial charge in [0.05, 0.1) is 41.8 Å². The molecule has 0 amide bonds. The van der Waals surface area contributed by atoms with Crippen LogP contribution < -0.4 is 4.74 Å². The molecule has 4 heterocycles. The Morgan fingerprint density at radius 3 is 2.69 bits per heavy atom. The van der Waals surface area contributed by atoms with Gasteiger partial charge in [-0.25, -0.2) is 14.8 Å². The number of hydrogen-bond donors (Lipinski definition) is 0. The summed E-state index contributed by atoms with van der Waals surface area (Å²) >= 11 is 0. The maximum Gasteiger partial charge on any atom is 0.302 e. The van der Waals surface area contributed by atoms with E-state index in [9.17, 15) is 0 Å². The quantitative estimate of drug-likeness (QED) is 0.349. The molecule has 5 aromatic rings. The first-order chi connectivity index (χ1) is 17.1. The van der Waals surface area contributed by atoms with Crippen molar-refractivity contribution in [2.45, 2.75) is 6.42 Å². The lowest BCUT2D eigenvalue weighted by Gasteiger charge is -2.17. The fourth-order valence-electron chi connectivity index (χ4n) is 4.87. The first-order valence-corrected chi connectivity index (χ1v) is 11.7. The molecule has 0 spiro atoms. The highest BCUT2D eigenvalue weighted by molar-refractivity contribution is 5.93. The molecule has 0 unspecified atom stereocenters. The number of nitrogens with zero attached hydrogens (tertiary/aromatic N) is 7. The average molecular weight is 464 g/mol. The second-order valence-corrected chi connectivity index (χ2v) is 9.18. The number of hydrogen-bond acceptors (Lipinski definition) is 5. The van der Waals surface area contributed by atoms with Crippen molar-refractivity contribution in [1.29, 1.82) is 0 Å². The molecule has 35 heavy (non-hydrogen) atoms. The third-order valence-corrected chi connectivity index (χ3v) is 6.74. The monoisotopic (exact) mass is 463 g/mol. The standard InChI is InChI=1S/C27H25N7O/c1-28-21-7-4-19(5-8-21)25-24(20-6-9-23-22(14-20)30-17-33(23)3)26-29-11-13-34(26)27(31-25)35-16-18-10-12-32(2)15-18/h4-9,11,13-14,17-18H,10,12,15-16H2,2-3H3/t18-/m1/s1. The van der Waals surface area contributed by atoms with E-state index in [1.54, 1.807) is 6.20 Å². The fourth-order valence-corrected chi connectivity index (χ4v) is 4.87. The Morgan fingerprint density at radius 2 is 1.91 bits per heavy atom. The van der Waals surface area contributed by atoms with Crippen LogP contribution in [0.4, 0.5) is 5.69 Å². The van der Waals surface area contributed by atoms with Crippen LogP contribution in [0.2, 0.25) is 0 Å². The SMILES string of the molecule is [C-]#[N+]c1ccc(-c2nc(OC[C@@H]3CCN(C)C3)n3ccnc3c2-c2ccc3c(c2)ncn3C)cc1. The Balaban J connectivity index is 1.52. The Hall–Kier alpha value is -4.22. The lowest BCUT2D eigenvalue weighted by Crippen LogP contribution is -2.19. The van der Waals surface area contributed by atoms with Crippen LogP contribution in [-0.4, -0.2) is 55.6 Å². The van der Waals surface area contributed by atoms with Crippen molar-refractivity contribution in [3.05, 3.63) is 72.6 Å². The van der Waals surface area contributed by atoms with Gasteiger partial charge < -0.3 is 14.2 Å². The predicted molar refractivity (Wildman–Crippen MR) is 135 cm³/mol. The molecule has 2 aromatic carbocycles. The summed E-state index contributed by atoms with van der Waals surface area (Å²) in [4.78, 5) is 20.1. The van der Waals surface area contributed by atoms with E-state index in [2.05, 4.69) is 40.0 Å². The highest BCUT2D eigenvalue weighted by Crippen LogP contribution is 2.37. The smallest absolute Gasteiger partial charge is 0.302 e. The van der Waals surface area contributed by atoms with E-state index in [0.29, 0.717) is 24.2 Å². The number of benzene rings is 2. The van der Waals surface area contributed by atoms with Crippen LogP contribution in [0.3, 0.4) is 0 Å². The number of aryl methyl sites for hydroxylation is 1. The van der Waals surface area contributed by atoms with E-state index in [1.807, 2.05) is 52.8 Å². The predicted octanol–water partition coefficient (Wildman–Crippen LogP) is 4.83. The van der Waals surface area contributed by atoms with E-state index < -0.39 is 0 Å². The topological polar surface area (TPSA) is 64.8 Å². The van der Waals surface area contributed by atoms with Crippen molar-refractivity contribution in [2.24, 2.45) is 13.0 Å². The molecule has 0 radical (unpaired) electrons. The number of ether oxygens (including phenoxy) is 1. The molecule has 0 saturated carbocycles. The summed E-state index contributed by atoms with van der Waals surface area (Å²) in [5.74, 6) is 0.480. The van der Waals surface area contributed by atoms with E-state index in [-0.39, 0.29) is 0 Å². The third kappa shape index (κ3) is 3.80. The molecule has 0 aliphatic carbocycles. The maximum atomic E-state index is 7.31. The zero-order chi connectivity index (χ0) is 23.9. The molecule has 1 saturated heterocycles. The minimum atomic E-state index is 0.480. The molecule has 1 aliphatic rings. The van der Waals surface area contributed by atoms with Crippen LogP contribution in [-0.2, 0) is 7.05 Å². The van der Waals surface area contributed by atoms with Crippen LogP contribution in [0, 0.1) is 12.5 Å².